The van der Waals surface area contributed by atoms with E-state index in [0.29, 0.717) is 6.07 Å². The van der Waals surface area contributed by atoms with Gasteiger partial charge in [0.15, 0.2) is 0 Å². The SMILES string of the molecule is C[C@@H]1CN(S(=O)(=O)c2cc(F)ccc2F)C[C@H]1C(N)=O. The Morgan fingerprint density at radius 2 is 2.00 bits per heavy atom. The number of rotatable bonds is 3. The van der Waals surface area contributed by atoms with Crippen molar-refractivity contribution in [1.82, 2.24) is 4.31 Å². The molecular formula is C12H14F2N2O3S. The molecule has 1 amide bonds. The summed E-state index contributed by atoms with van der Waals surface area (Å²) in [6.45, 7) is 1.62. The molecule has 1 saturated heterocycles. The van der Waals surface area contributed by atoms with E-state index in [2.05, 4.69) is 0 Å². The van der Waals surface area contributed by atoms with Crippen LogP contribution in [-0.2, 0) is 14.8 Å². The maximum absolute atomic E-state index is 13.6. The maximum Gasteiger partial charge on any atom is 0.246 e. The van der Waals surface area contributed by atoms with Crippen molar-refractivity contribution in [2.75, 3.05) is 13.1 Å². The molecule has 1 aliphatic heterocycles. The number of halogens is 2. The number of hydrogen-bond acceptors (Lipinski definition) is 3. The summed E-state index contributed by atoms with van der Waals surface area (Å²) in [6.07, 6.45) is 0. The lowest BCUT2D eigenvalue weighted by Gasteiger charge is -2.16. The Bertz CT molecular complexity index is 648. The lowest BCUT2D eigenvalue weighted by atomic mass is 9.98. The van der Waals surface area contributed by atoms with E-state index >= 15 is 0 Å². The molecule has 0 unspecified atom stereocenters. The van der Waals surface area contributed by atoms with Crippen LogP contribution in [0.3, 0.4) is 0 Å². The second-order valence-electron chi connectivity index (χ2n) is 4.88. The Balaban J connectivity index is 2.37. The fourth-order valence-corrected chi connectivity index (χ4v) is 3.95. The molecule has 2 N–H and O–H groups in total. The monoisotopic (exact) mass is 304 g/mol. The average molecular weight is 304 g/mol. The minimum absolute atomic E-state index is 0.0475. The first-order valence-corrected chi connectivity index (χ1v) is 7.42. The predicted molar refractivity (Wildman–Crippen MR) is 67.0 cm³/mol. The first-order valence-electron chi connectivity index (χ1n) is 5.98. The van der Waals surface area contributed by atoms with Gasteiger partial charge in [0, 0.05) is 13.1 Å². The van der Waals surface area contributed by atoms with Crippen molar-refractivity contribution in [1.29, 1.82) is 0 Å². The zero-order chi connectivity index (χ0) is 15.1. The van der Waals surface area contributed by atoms with Gasteiger partial charge in [-0.15, -0.1) is 0 Å². The zero-order valence-electron chi connectivity index (χ0n) is 10.7. The molecule has 5 nitrogen and oxygen atoms in total. The number of amides is 1. The number of nitrogens with two attached hydrogens (primary N) is 1. The van der Waals surface area contributed by atoms with E-state index in [-0.39, 0.29) is 19.0 Å². The van der Waals surface area contributed by atoms with E-state index in [9.17, 15) is 22.0 Å². The minimum Gasteiger partial charge on any atom is -0.369 e. The third kappa shape index (κ3) is 2.53. The molecule has 0 aliphatic carbocycles. The normalized spacial score (nSPS) is 23.9. The maximum atomic E-state index is 13.6. The van der Waals surface area contributed by atoms with Crippen molar-refractivity contribution < 1.29 is 22.0 Å². The smallest absolute Gasteiger partial charge is 0.246 e. The Labute approximate surface area is 115 Å². The number of primary amides is 1. The number of carbonyl (C=O) groups is 1. The summed E-state index contributed by atoms with van der Waals surface area (Å²) in [5.41, 5.74) is 5.19. The molecular weight excluding hydrogens is 290 g/mol. The van der Waals surface area contributed by atoms with E-state index in [1.807, 2.05) is 0 Å². The molecule has 2 atom stereocenters. The standard InChI is InChI=1S/C12H14F2N2O3S/c1-7-5-16(6-9(7)12(15)17)20(18,19)11-4-8(13)2-3-10(11)14/h2-4,7,9H,5-6H2,1H3,(H2,15,17)/t7-,9-/m1/s1. The van der Waals surface area contributed by atoms with Crippen molar-refractivity contribution in [2.24, 2.45) is 17.6 Å². The van der Waals surface area contributed by atoms with Crippen LogP contribution in [0.2, 0.25) is 0 Å². The minimum atomic E-state index is -4.18. The van der Waals surface area contributed by atoms with Crippen LogP contribution in [0.1, 0.15) is 6.92 Å². The topological polar surface area (TPSA) is 80.5 Å². The molecule has 0 saturated carbocycles. The Hall–Kier alpha value is -1.54. The highest BCUT2D eigenvalue weighted by Gasteiger charge is 2.40. The van der Waals surface area contributed by atoms with Gasteiger partial charge in [0.1, 0.15) is 16.5 Å². The fraction of sp³-hybridized carbons (Fsp3) is 0.417. The van der Waals surface area contributed by atoms with Gasteiger partial charge < -0.3 is 5.73 Å². The largest absolute Gasteiger partial charge is 0.369 e. The van der Waals surface area contributed by atoms with Crippen LogP contribution in [0.5, 0.6) is 0 Å². The zero-order valence-corrected chi connectivity index (χ0v) is 11.5. The second kappa shape index (κ2) is 5.10. The molecule has 0 radical (unpaired) electrons. The molecule has 0 spiro atoms. The van der Waals surface area contributed by atoms with Gasteiger partial charge in [-0.05, 0) is 24.1 Å². The highest BCUT2D eigenvalue weighted by molar-refractivity contribution is 7.89. The van der Waals surface area contributed by atoms with Gasteiger partial charge in [-0.25, -0.2) is 17.2 Å². The second-order valence-corrected chi connectivity index (χ2v) is 6.79. The van der Waals surface area contributed by atoms with Crippen LogP contribution in [0.15, 0.2) is 23.1 Å². The molecule has 1 aliphatic rings. The van der Waals surface area contributed by atoms with Gasteiger partial charge in [-0.3, -0.25) is 4.79 Å². The summed E-state index contributed by atoms with van der Waals surface area (Å²) < 4.78 is 52.3. The van der Waals surface area contributed by atoms with Crippen molar-refractivity contribution in [3.8, 4) is 0 Å². The van der Waals surface area contributed by atoms with Crippen LogP contribution < -0.4 is 5.73 Å². The third-order valence-corrected chi connectivity index (χ3v) is 5.30. The van der Waals surface area contributed by atoms with Crippen LogP contribution in [0.4, 0.5) is 8.78 Å². The third-order valence-electron chi connectivity index (χ3n) is 3.46. The molecule has 1 fully saturated rings. The van der Waals surface area contributed by atoms with Crippen molar-refractivity contribution >= 4 is 15.9 Å². The molecule has 0 bridgehead atoms. The van der Waals surface area contributed by atoms with E-state index in [4.69, 9.17) is 5.73 Å². The van der Waals surface area contributed by atoms with Crippen LogP contribution >= 0.6 is 0 Å². The Morgan fingerprint density at radius 3 is 2.55 bits per heavy atom. The van der Waals surface area contributed by atoms with E-state index in [0.717, 1.165) is 16.4 Å². The number of benzene rings is 1. The highest BCUT2D eigenvalue weighted by atomic mass is 32.2. The summed E-state index contributed by atoms with van der Waals surface area (Å²) in [5.74, 6) is -3.36. The predicted octanol–water partition coefficient (Wildman–Crippen LogP) is 0.707. The quantitative estimate of drug-likeness (QED) is 0.893. The molecule has 0 aromatic heterocycles. The van der Waals surface area contributed by atoms with Crippen molar-refractivity contribution in [2.45, 2.75) is 11.8 Å². The molecule has 1 aromatic carbocycles. The fourth-order valence-electron chi connectivity index (χ4n) is 2.30. The van der Waals surface area contributed by atoms with Gasteiger partial charge in [0.25, 0.3) is 0 Å². The molecule has 1 aromatic rings. The lowest BCUT2D eigenvalue weighted by molar-refractivity contribution is -0.122. The van der Waals surface area contributed by atoms with Gasteiger partial charge in [0.2, 0.25) is 15.9 Å². The first kappa shape index (κ1) is 14.9. The molecule has 20 heavy (non-hydrogen) atoms. The summed E-state index contributed by atoms with van der Waals surface area (Å²) >= 11 is 0. The van der Waals surface area contributed by atoms with Crippen LogP contribution in [0, 0.1) is 23.5 Å². The summed E-state index contributed by atoms with van der Waals surface area (Å²) in [5, 5.41) is 0. The summed E-state index contributed by atoms with van der Waals surface area (Å²) in [7, 11) is -4.18. The average Bonchev–Trinajstić information content (AvgIpc) is 2.75. The van der Waals surface area contributed by atoms with Crippen molar-refractivity contribution in [3.05, 3.63) is 29.8 Å². The first-order chi connectivity index (χ1) is 9.23. The summed E-state index contributed by atoms with van der Waals surface area (Å²) in [4.78, 5) is 10.5. The molecule has 1 heterocycles. The van der Waals surface area contributed by atoms with Gasteiger partial charge in [0.05, 0.1) is 5.92 Å². The number of nitrogens with zero attached hydrogens (tertiary/aromatic N) is 1. The summed E-state index contributed by atoms with van der Waals surface area (Å²) in [6, 6.07) is 2.23. The van der Waals surface area contributed by atoms with E-state index in [1.165, 1.54) is 0 Å². The molecule has 2 rings (SSSR count). The van der Waals surface area contributed by atoms with Crippen molar-refractivity contribution in [3.63, 3.8) is 0 Å². The number of carbonyl (C=O) groups excluding carboxylic acids is 1. The van der Waals surface area contributed by atoms with E-state index in [1.54, 1.807) is 6.92 Å². The highest BCUT2D eigenvalue weighted by Crippen LogP contribution is 2.29. The molecule has 110 valence electrons. The molecule has 8 heteroatoms. The van der Waals surface area contributed by atoms with Gasteiger partial charge in [-0.1, -0.05) is 6.92 Å². The van der Waals surface area contributed by atoms with Gasteiger partial charge >= 0.3 is 0 Å². The van der Waals surface area contributed by atoms with Crippen LogP contribution in [0.25, 0.3) is 0 Å². The lowest BCUT2D eigenvalue weighted by Crippen LogP contribution is -2.32. The number of sulfonamides is 1. The Kier molecular flexibility index (Phi) is 3.79. The van der Waals surface area contributed by atoms with E-state index < -0.39 is 38.4 Å². The Morgan fingerprint density at radius 1 is 1.35 bits per heavy atom. The van der Waals surface area contributed by atoms with Crippen LogP contribution in [-0.4, -0.2) is 31.7 Å². The van der Waals surface area contributed by atoms with Gasteiger partial charge in [-0.2, -0.15) is 4.31 Å². The number of hydrogen-bond donors (Lipinski definition) is 1.